The first-order chi connectivity index (χ1) is 9.49. The predicted octanol–water partition coefficient (Wildman–Crippen LogP) is 3.21. The van der Waals surface area contributed by atoms with Crippen molar-refractivity contribution in [3.05, 3.63) is 65.0 Å². The first-order valence-electron chi connectivity index (χ1n) is 6.40. The first kappa shape index (κ1) is 14.1. The highest BCUT2D eigenvalue weighted by Gasteiger charge is 2.14. The van der Waals surface area contributed by atoms with E-state index in [0.29, 0.717) is 5.56 Å². The van der Waals surface area contributed by atoms with Crippen molar-refractivity contribution < 1.29 is 9.18 Å². The first-order valence-corrected chi connectivity index (χ1v) is 6.40. The van der Waals surface area contributed by atoms with Crippen LogP contribution in [-0.4, -0.2) is 5.91 Å². The average Bonchev–Trinajstić information content (AvgIpc) is 2.45. The van der Waals surface area contributed by atoms with Gasteiger partial charge in [0.05, 0.1) is 6.04 Å². The van der Waals surface area contributed by atoms with E-state index in [9.17, 15) is 9.18 Å². The second-order valence-corrected chi connectivity index (χ2v) is 4.78. The molecule has 0 saturated carbocycles. The van der Waals surface area contributed by atoms with Crippen LogP contribution >= 0.6 is 0 Å². The highest BCUT2D eigenvalue weighted by Crippen LogP contribution is 2.19. The molecule has 0 aliphatic rings. The fourth-order valence-corrected chi connectivity index (χ4v) is 1.94. The quantitative estimate of drug-likeness (QED) is 0.843. The van der Waals surface area contributed by atoms with Crippen LogP contribution in [0.3, 0.4) is 0 Å². The Morgan fingerprint density at radius 1 is 1.25 bits per heavy atom. The van der Waals surface area contributed by atoms with Crippen molar-refractivity contribution in [1.29, 1.82) is 0 Å². The lowest BCUT2D eigenvalue weighted by Crippen LogP contribution is -2.26. The van der Waals surface area contributed by atoms with Gasteiger partial charge in [-0.05, 0) is 31.5 Å². The minimum absolute atomic E-state index is 0.158. The smallest absolute Gasteiger partial charge is 0.251 e. The Morgan fingerprint density at radius 3 is 2.50 bits per heavy atom. The van der Waals surface area contributed by atoms with Crippen LogP contribution in [0.1, 0.15) is 34.5 Å². The molecule has 3 N–H and O–H groups in total. The number of halogens is 1. The van der Waals surface area contributed by atoms with Crippen LogP contribution in [0.25, 0.3) is 0 Å². The zero-order valence-corrected chi connectivity index (χ0v) is 11.5. The van der Waals surface area contributed by atoms with Gasteiger partial charge in [0.15, 0.2) is 0 Å². The van der Waals surface area contributed by atoms with Crippen LogP contribution in [0.2, 0.25) is 0 Å². The highest BCUT2D eigenvalue weighted by atomic mass is 19.1. The lowest BCUT2D eigenvalue weighted by molar-refractivity contribution is 0.0939. The molecule has 0 heterocycles. The molecule has 2 rings (SSSR count). The SMILES string of the molecule is Cc1c(N)cc(C(=O)N[C@H](C)c2ccccc2)cc1F. The summed E-state index contributed by atoms with van der Waals surface area (Å²) in [5.74, 6) is -0.811. The molecule has 3 nitrogen and oxygen atoms in total. The molecule has 0 aliphatic heterocycles. The van der Waals surface area contributed by atoms with Crippen molar-refractivity contribution in [1.82, 2.24) is 5.32 Å². The molecular formula is C16H17FN2O. The number of anilines is 1. The molecule has 0 spiro atoms. The molecule has 104 valence electrons. The Kier molecular flexibility index (Phi) is 4.03. The summed E-state index contributed by atoms with van der Waals surface area (Å²) in [5, 5.41) is 2.83. The lowest BCUT2D eigenvalue weighted by Gasteiger charge is -2.15. The van der Waals surface area contributed by atoms with Gasteiger partial charge in [-0.2, -0.15) is 0 Å². The maximum absolute atomic E-state index is 13.6. The summed E-state index contributed by atoms with van der Waals surface area (Å²) in [6, 6.07) is 12.1. The molecule has 0 saturated heterocycles. The molecule has 0 aliphatic carbocycles. The third-order valence-corrected chi connectivity index (χ3v) is 3.29. The van der Waals surface area contributed by atoms with E-state index in [0.717, 1.165) is 5.56 Å². The van der Waals surface area contributed by atoms with Crippen LogP contribution in [0, 0.1) is 12.7 Å². The topological polar surface area (TPSA) is 55.1 Å². The van der Waals surface area contributed by atoms with Gasteiger partial charge in [-0.1, -0.05) is 30.3 Å². The standard InChI is InChI=1S/C16H17FN2O/c1-10-14(17)8-13(9-15(10)18)16(20)19-11(2)12-6-4-3-5-7-12/h3-9,11H,18H2,1-2H3,(H,19,20)/t11-/m1/s1. The molecule has 1 atom stereocenters. The Labute approximate surface area is 117 Å². The maximum atomic E-state index is 13.6. The van der Waals surface area contributed by atoms with Crippen LogP contribution in [0.4, 0.5) is 10.1 Å². The molecule has 0 bridgehead atoms. The number of hydrogen-bond acceptors (Lipinski definition) is 2. The van der Waals surface area contributed by atoms with Crippen molar-refractivity contribution in [3.8, 4) is 0 Å². The fraction of sp³-hybridized carbons (Fsp3) is 0.188. The summed E-state index contributed by atoms with van der Waals surface area (Å²) in [6.45, 7) is 3.46. The predicted molar refractivity (Wildman–Crippen MR) is 77.9 cm³/mol. The van der Waals surface area contributed by atoms with Crippen molar-refractivity contribution >= 4 is 11.6 Å². The molecule has 0 aromatic heterocycles. The molecule has 20 heavy (non-hydrogen) atoms. The molecule has 0 fully saturated rings. The number of hydrogen-bond donors (Lipinski definition) is 2. The van der Waals surface area contributed by atoms with E-state index >= 15 is 0 Å². The minimum Gasteiger partial charge on any atom is -0.398 e. The van der Waals surface area contributed by atoms with Crippen molar-refractivity contribution in [2.24, 2.45) is 0 Å². The molecule has 1 amide bonds. The van der Waals surface area contributed by atoms with Gasteiger partial charge in [0.25, 0.3) is 5.91 Å². The number of rotatable bonds is 3. The van der Waals surface area contributed by atoms with Crippen LogP contribution in [0.15, 0.2) is 42.5 Å². The number of amides is 1. The summed E-state index contributed by atoms with van der Waals surface area (Å²) < 4.78 is 13.6. The van der Waals surface area contributed by atoms with Gasteiger partial charge in [0, 0.05) is 16.8 Å². The maximum Gasteiger partial charge on any atom is 0.251 e. The van der Waals surface area contributed by atoms with E-state index in [1.54, 1.807) is 6.92 Å². The summed E-state index contributed by atoms with van der Waals surface area (Å²) in [7, 11) is 0. The van der Waals surface area contributed by atoms with E-state index in [1.807, 2.05) is 37.3 Å². The second-order valence-electron chi connectivity index (χ2n) is 4.78. The fourth-order valence-electron chi connectivity index (χ4n) is 1.94. The van der Waals surface area contributed by atoms with Crippen LogP contribution in [0.5, 0.6) is 0 Å². The molecule has 2 aromatic carbocycles. The van der Waals surface area contributed by atoms with Gasteiger partial charge < -0.3 is 11.1 Å². The van der Waals surface area contributed by atoms with Gasteiger partial charge >= 0.3 is 0 Å². The molecule has 0 unspecified atom stereocenters. The number of benzene rings is 2. The third kappa shape index (κ3) is 2.96. The summed E-state index contributed by atoms with van der Waals surface area (Å²) in [4.78, 5) is 12.1. The van der Waals surface area contributed by atoms with Gasteiger partial charge in [0.1, 0.15) is 5.82 Å². The number of nitrogens with one attached hydrogen (secondary N) is 1. The largest absolute Gasteiger partial charge is 0.398 e. The van der Waals surface area contributed by atoms with Crippen LogP contribution < -0.4 is 11.1 Å². The van der Waals surface area contributed by atoms with E-state index in [-0.39, 0.29) is 23.2 Å². The van der Waals surface area contributed by atoms with E-state index < -0.39 is 5.82 Å². The molecule has 4 heteroatoms. The summed E-state index contributed by atoms with van der Waals surface area (Å²) >= 11 is 0. The molecule has 0 radical (unpaired) electrons. The average molecular weight is 272 g/mol. The summed E-state index contributed by atoms with van der Waals surface area (Å²) in [5.41, 5.74) is 7.54. The lowest BCUT2D eigenvalue weighted by atomic mass is 10.1. The number of nitrogen functional groups attached to an aromatic ring is 1. The zero-order valence-electron chi connectivity index (χ0n) is 11.5. The third-order valence-electron chi connectivity index (χ3n) is 3.29. The van der Waals surface area contributed by atoms with Crippen molar-refractivity contribution in [2.75, 3.05) is 5.73 Å². The number of carbonyl (C=O) groups excluding carboxylic acids is 1. The number of carbonyl (C=O) groups is 1. The molecular weight excluding hydrogens is 255 g/mol. The number of nitrogens with two attached hydrogens (primary N) is 1. The van der Waals surface area contributed by atoms with E-state index in [2.05, 4.69) is 5.32 Å². The zero-order chi connectivity index (χ0) is 14.7. The van der Waals surface area contributed by atoms with Gasteiger partial charge in [0.2, 0.25) is 0 Å². The Bertz CT molecular complexity index is 603. The monoisotopic (exact) mass is 272 g/mol. The van der Waals surface area contributed by atoms with Crippen molar-refractivity contribution in [2.45, 2.75) is 19.9 Å². The van der Waals surface area contributed by atoms with E-state index in [1.165, 1.54) is 12.1 Å². The summed E-state index contributed by atoms with van der Waals surface area (Å²) in [6.07, 6.45) is 0. The Morgan fingerprint density at radius 2 is 1.90 bits per heavy atom. The molecule has 2 aromatic rings. The van der Waals surface area contributed by atoms with Gasteiger partial charge in [-0.15, -0.1) is 0 Å². The normalized spacial score (nSPS) is 11.9. The second kappa shape index (κ2) is 5.74. The van der Waals surface area contributed by atoms with Gasteiger partial charge in [-0.25, -0.2) is 4.39 Å². The minimum atomic E-state index is -0.470. The Hall–Kier alpha value is -2.36. The van der Waals surface area contributed by atoms with E-state index in [4.69, 9.17) is 5.73 Å². The van der Waals surface area contributed by atoms with Crippen LogP contribution in [-0.2, 0) is 0 Å². The highest BCUT2D eigenvalue weighted by molar-refractivity contribution is 5.95. The van der Waals surface area contributed by atoms with Crippen molar-refractivity contribution in [3.63, 3.8) is 0 Å². The van der Waals surface area contributed by atoms with Gasteiger partial charge in [-0.3, -0.25) is 4.79 Å². The Balaban J connectivity index is 2.17.